The number of hydrogen-bond donors (Lipinski definition) is 1. The quantitative estimate of drug-likeness (QED) is 0.365. The van der Waals surface area contributed by atoms with Crippen molar-refractivity contribution in [1.29, 1.82) is 0 Å². The number of amides is 2. The maximum Gasteiger partial charge on any atom is 0.270 e. The smallest absolute Gasteiger partial charge is 0.270 e. The van der Waals surface area contributed by atoms with Gasteiger partial charge in [0.1, 0.15) is 5.57 Å². The average Bonchev–Trinajstić information content (AvgIpc) is 2.69. The van der Waals surface area contributed by atoms with E-state index in [0.717, 1.165) is 11.1 Å². The minimum absolute atomic E-state index is 0.0397. The van der Waals surface area contributed by atoms with Crippen LogP contribution >= 0.6 is 23.8 Å². The maximum absolute atomic E-state index is 13.3. The lowest BCUT2D eigenvalue weighted by Gasteiger charge is -2.30. The zero-order valence-electron chi connectivity index (χ0n) is 18.6. The van der Waals surface area contributed by atoms with E-state index >= 15 is 0 Å². The number of carbonyl (C=O) groups is 2. The summed E-state index contributed by atoms with van der Waals surface area (Å²) in [5.41, 5.74) is 3.01. The minimum Gasteiger partial charge on any atom is -0.490 e. The number of aryl methyl sites for hydroxylation is 2. The molecular weight excluding hydrogens is 448 g/mol. The Labute approximate surface area is 198 Å². The number of benzene rings is 2. The van der Waals surface area contributed by atoms with Gasteiger partial charge in [-0.3, -0.25) is 19.8 Å². The van der Waals surface area contributed by atoms with Gasteiger partial charge >= 0.3 is 0 Å². The normalized spacial score (nSPS) is 15.4. The van der Waals surface area contributed by atoms with Crippen LogP contribution in [-0.4, -0.2) is 29.6 Å². The Morgan fingerprint density at radius 3 is 2.53 bits per heavy atom. The van der Waals surface area contributed by atoms with Crippen LogP contribution in [0.2, 0.25) is 5.02 Å². The van der Waals surface area contributed by atoms with E-state index in [1.165, 1.54) is 11.0 Å². The van der Waals surface area contributed by atoms with Crippen molar-refractivity contribution in [3.05, 3.63) is 57.6 Å². The van der Waals surface area contributed by atoms with Gasteiger partial charge in [-0.1, -0.05) is 29.3 Å². The Hall–Kier alpha value is -2.90. The van der Waals surface area contributed by atoms with E-state index in [9.17, 15) is 9.59 Å². The predicted molar refractivity (Wildman–Crippen MR) is 131 cm³/mol. The Kier molecular flexibility index (Phi) is 7.21. The fourth-order valence-electron chi connectivity index (χ4n) is 3.38. The van der Waals surface area contributed by atoms with Crippen molar-refractivity contribution < 1.29 is 19.1 Å². The SMILES string of the molecule is CCOc1cc(/C=C2\C(=O)NC(=S)N(c3ccc(C)cc3C)C2=O)cc(Cl)c1OC(C)C. The first-order valence-corrected chi connectivity index (χ1v) is 11.0. The van der Waals surface area contributed by atoms with Crippen molar-refractivity contribution >= 4 is 52.5 Å². The number of nitrogens with one attached hydrogen (secondary N) is 1. The molecule has 1 saturated heterocycles. The van der Waals surface area contributed by atoms with Gasteiger partial charge in [0.25, 0.3) is 11.8 Å². The Bertz CT molecular complexity index is 1130. The largest absolute Gasteiger partial charge is 0.490 e. The summed E-state index contributed by atoms with van der Waals surface area (Å²) in [6.07, 6.45) is 1.37. The number of thiocarbonyl (C=S) groups is 1. The molecular formula is C24H25ClN2O4S. The third kappa shape index (κ3) is 4.95. The summed E-state index contributed by atoms with van der Waals surface area (Å²) in [5.74, 6) is -0.228. The summed E-state index contributed by atoms with van der Waals surface area (Å²) < 4.78 is 11.5. The van der Waals surface area contributed by atoms with Crippen LogP contribution in [0.3, 0.4) is 0 Å². The second-order valence-corrected chi connectivity index (χ2v) is 8.47. The molecule has 0 radical (unpaired) electrons. The Morgan fingerprint density at radius 1 is 1.19 bits per heavy atom. The minimum atomic E-state index is -0.572. The predicted octanol–water partition coefficient (Wildman–Crippen LogP) is 4.97. The highest BCUT2D eigenvalue weighted by atomic mass is 35.5. The zero-order chi connectivity index (χ0) is 23.6. The Balaban J connectivity index is 2.05. The molecule has 2 aromatic carbocycles. The summed E-state index contributed by atoms with van der Waals surface area (Å²) in [6, 6.07) is 8.97. The van der Waals surface area contributed by atoms with Crippen LogP contribution in [0, 0.1) is 13.8 Å². The molecule has 168 valence electrons. The summed E-state index contributed by atoms with van der Waals surface area (Å²) >= 11 is 11.7. The third-order valence-corrected chi connectivity index (χ3v) is 5.26. The molecule has 32 heavy (non-hydrogen) atoms. The highest BCUT2D eigenvalue weighted by Crippen LogP contribution is 2.38. The van der Waals surface area contributed by atoms with E-state index < -0.39 is 11.8 Å². The number of halogens is 1. The van der Waals surface area contributed by atoms with E-state index in [-0.39, 0.29) is 16.8 Å². The lowest BCUT2D eigenvalue weighted by Crippen LogP contribution is -2.54. The zero-order valence-corrected chi connectivity index (χ0v) is 20.2. The standard InChI is InChI=1S/C24H25ClN2O4S/c1-6-30-20-12-16(11-18(25)21(20)31-13(2)3)10-17-22(28)26-24(32)27(23(17)29)19-8-7-14(4)9-15(19)5/h7-13H,6H2,1-5H3,(H,26,28,32)/b17-10+. The van der Waals surface area contributed by atoms with Gasteiger partial charge in [-0.05, 0) is 82.2 Å². The second-order valence-electron chi connectivity index (χ2n) is 7.68. The van der Waals surface area contributed by atoms with Gasteiger partial charge in [0, 0.05) is 0 Å². The Morgan fingerprint density at radius 2 is 1.91 bits per heavy atom. The number of carbonyl (C=O) groups excluding carboxylic acids is 2. The van der Waals surface area contributed by atoms with E-state index in [0.29, 0.717) is 34.4 Å². The first kappa shape index (κ1) is 23.8. The van der Waals surface area contributed by atoms with Crippen molar-refractivity contribution in [3.63, 3.8) is 0 Å². The van der Waals surface area contributed by atoms with E-state index in [2.05, 4.69) is 5.32 Å². The number of rotatable bonds is 6. The highest BCUT2D eigenvalue weighted by Gasteiger charge is 2.35. The molecule has 0 atom stereocenters. The topological polar surface area (TPSA) is 67.9 Å². The molecule has 6 nitrogen and oxygen atoms in total. The first-order valence-electron chi connectivity index (χ1n) is 10.2. The van der Waals surface area contributed by atoms with Crippen LogP contribution in [0.15, 0.2) is 35.9 Å². The molecule has 8 heteroatoms. The number of nitrogens with zero attached hydrogens (tertiary/aromatic N) is 1. The highest BCUT2D eigenvalue weighted by molar-refractivity contribution is 7.80. The van der Waals surface area contributed by atoms with Crippen molar-refractivity contribution in [2.75, 3.05) is 11.5 Å². The van der Waals surface area contributed by atoms with Crippen LogP contribution in [-0.2, 0) is 9.59 Å². The van der Waals surface area contributed by atoms with Crippen molar-refractivity contribution in [1.82, 2.24) is 5.32 Å². The van der Waals surface area contributed by atoms with Gasteiger partial charge in [-0.25, -0.2) is 0 Å². The molecule has 0 aliphatic carbocycles. The molecule has 0 aromatic heterocycles. The van der Waals surface area contributed by atoms with Gasteiger partial charge < -0.3 is 9.47 Å². The third-order valence-electron chi connectivity index (χ3n) is 4.69. The molecule has 1 aliphatic heterocycles. The summed E-state index contributed by atoms with van der Waals surface area (Å²) in [5, 5.41) is 2.96. The lowest BCUT2D eigenvalue weighted by molar-refractivity contribution is -0.122. The summed E-state index contributed by atoms with van der Waals surface area (Å²) in [7, 11) is 0. The van der Waals surface area contributed by atoms with Crippen molar-refractivity contribution in [2.24, 2.45) is 0 Å². The van der Waals surface area contributed by atoms with Gasteiger partial charge in [-0.2, -0.15) is 0 Å². The fourth-order valence-corrected chi connectivity index (χ4v) is 3.92. The first-order chi connectivity index (χ1) is 15.1. The van der Waals surface area contributed by atoms with Crippen LogP contribution in [0.4, 0.5) is 5.69 Å². The molecule has 0 saturated carbocycles. The van der Waals surface area contributed by atoms with Crippen LogP contribution in [0.5, 0.6) is 11.5 Å². The molecule has 0 unspecified atom stereocenters. The van der Waals surface area contributed by atoms with Crippen molar-refractivity contribution in [2.45, 2.75) is 40.7 Å². The molecule has 2 aromatic rings. The molecule has 3 rings (SSSR count). The van der Waals surface area contributed by atoms with Gasteiger partial charge in [-0.15, -0.1) is 0 Å². The molecule has 0 bridgehead atoms. The molecule has 1 fully saturated rings. The molecule has 1 aliphatic rings. The van der Waals surface area contributed by atoms with Crippen LogP contribution in [0.25, 0.3) is 6.08 Å². The maximum atomic E-state index is 13.3. The van der Waals surface area contributed by atoms with Gasteiger partial charge in [0.15, 0.2) is 16.6 Å². The van der Waals surface area contributed by atoms with Gasteiger partial charge in [0.2, 0.25) is 0 Å². The lowest BCUT2D eigenvalue weighted by atomic mass is 10.0. The van der Waals surface area contributed by atoms with Crippen molar-refractivity contribution in [3.8, 4) is 11.5 Å². The molecule has 2 amide bonds. The fraction of sp³-hybridized carbons (Fsp3) is 0.292. The molecule has 0 spiro atoms. The molecule has 1 heterocycles. The monoisotopic (exact) mass is 472 g/mol. The number of anilines is 1. The summed E-state index contributed by atoms with van der Waals surface area (Å²) in [4.78, 5) is 27.3. The van der Waals surface area contributed by atoms with Crippen LogP contribution in [0.1, 0.15) is 37.5 Å². The van der Waals surface area contributed by atoms with Gasteiger partial charge in [0.05, 0.1) is 23.4 Å². The number of hydrogen-bond acceptors (Lipinski definition) is 5. The molecule has 1 N–H and O–H groups in total. The van der Waals surface area contributed by atoms with E-state index in [1.807, 2.05) is 52.8 Å². The second kappa shape index (κ2) is 9.71. The van der Waals surface area contributed by atoms with Crippen LogP contribution < -0.4 is 19.7 Å². The van der Waals surface area contributed by atoms with E-state index in [4.69, 9.17) is 33.3 Å². The summed E-state index contributed by atoms with van der Waals surface area (Å²) in [6.45, 7) is 9.87. The van der Waals surface area contributed by atoms with E-state index in [1.54, 1.807) is 12.1 Å². The average molecular weight is 473 g/mol. The number of ether oxygens (including phenoxy) is 2.